The number of carbonyl (C=O) groups is 1. The number of benzene rings is 1. The third kappa shape index (κ3) is 3.41. The van der Waals surface area contributed by atoms with E-state index in [1.165, 1.54) is 11.3 Å². The summed E-state index contributed by atoms with van der Waals surface area (Å²) in [5.41, 5.74) is 3.00. The molecule has 2 rings (SSSR count). The SMILES string of the molecule is O=C(NN=Cc1ccc(Cl)s1)c1ccccc1Br. The summed E-state index contributed by atoms with van der Waals surface area (Å²) >= 11 is 10.5. The van der Waals surface area contributed by atoms with Gasteiger partial charge >= 0.3 is 0 Å². The first-order valence-corrected chi connectivity index (χ1v) is 6.99. The van der Waals surface area contributed by atoms with Gasteiger partial charge in [0, 0.05) is 9.35 Å². The fraction of sp³-hybridized carbons (Fsp3) is 0. The van der Waals surface area contributed by atoms with Gasteiger partial charge in [-0.1, -0.05) is 23.7 Å². The standard InChI is InChI=1S/C12H8BrClN2OS/c13-10-4-2-1-3-9(10)12(17)16-15-7-8-5-6-11(14)18-8/h1-7H,(H,16,17). The van der Waals surface area contributed by atoms with E-state index in [0.717, 1.165) is 9.35 Å². The van der Waals surface area contributed by atoms with Crippen LogP contribution in [0.3, 0.4) is 0 Å². The molecule has 1 aromatic heterocycles. The molecular formula is C12H8BrClN2OS. The monoisotopic (exact) mass is 342 g/mol. The lowest BCUT2D eigenvalue weighted by Crippen LogP contribution is -2.17. The van der Waals surface area contributed by atoms with Crippen LogP contribution in [0, 0.1) is 0 Å². The molecule has 0 spiro atoms. The Bertz CT molecular complexity index is 597. The minimum absolute atomic E-state index is 0.263. The van der Waals surface area contributed by atoms with Crippen molar-refractivity contribution in [2.75, 3.05) is 0 Å². The molecule has 0 radical (unpaired) electrons. The van der Waals surface area contributed by atoms with Crippen LogP contribution in [0.25, 0.3) is 0 Å². The van der Waals surface area contributed by atoms with E-state index in [2.05, 4.69) is 26.5 Å². The van der Waals surface area contributed by atoms with Crippen LogP contribution in [-0.4, -0.2) is 12.1 Å². The highest BCUT2D eigenvalue weighted by molar-refractivity contribution is 9.10. The number of hydrazone groups is 1. The average molecular weight is 344 g/mol. The van der Waals surface area contributed by atoms with Crippen molar-refractivity contribution < 1.29 is 4.79 Å². The molecule has 2 aromatic rings. The topological polar surface area (TPSA) is 41.5 Å². The molecule has 1 N–H and O–H groups in total. The van der Waals surface area contributed by atoms with Crippen LogP contribution in [0.5, 0.6) is 0 Å². The molecule has 0 bridgehead atoms. The lowest BCUT2D eigenvalue weighted by atomic mass is 10.2. The third-order valence-electron chi connectivity index (χ3n) is 2.07. The van der Waals surface area contributed by atoms with Crippen LogP contribution in [0.2, 0.25) is 4.34 Å². The van der Waals surface area contributed by atoms with Crippen molar-refractivity contribution in [2.24, 2.45) is 5.10 Å². The maximum Gasteiger partial charge on any atom is 0.272 e. The molecule has 92 valence electrons. The van der Waals surface area contributed by atoms with Gasteiger partial charge in [-0.15, -0.1) is 11.3 Å². The smallest absolute Gasteiger partial charge is 0.267 e. The van der Waals surface area contributed by atoms with Crippen molar-refractivity contribution >= 4 is 51.0 Å². The van der Waals surface area contributed by atoms with Crippen LogP contribution in [0.15, 0.2) is 46.0 Å². The normalized spacial score (nSPS) is 10.8. The van der Waals surface area contributed by atoms with Gasteiger partial charge in [-0.05, 0) is 40.2 Å². The second-order valence-corrected chi connectivity index (χ2v) is 5.92. The summed E-state index contributed by atoms with van der Waals surface area (Å²) < 4.78 is 1.42. The van der Waals surface area contributed by atoms with Gasteiger partial charge in [0.1, 0.15) is 0 Å². The predicted octanol–water partition coefficient (Wildman–Crippen LogP) is 3.93. The number of thiophene rings is 1. The van der Waals surface area contributed by atoms with Gasteiger partial charge in [-0.3, -0.25) is 4.79 Å². The lowest BCUT2D eigenvalue weighted by Gasteiger charge is -2.01. The van der Waals surface area contributed by atoms with Crippen molar-refractivity contribution in [2.45, 2.75) is 0 Å². The molecular weight excluding hydrogens is 336 g/mol. The zero-order chi connectivity index (χ0) is 13.0. The Morgan fingerprint density at radius 3 is 2.78 bits per heavy atom. The van der Waals surface area contributed by atoms with Crippen molar-refractivity contribution in [3.8, 4) is 0 Å². The van der Waals surface area contributed by atoms with Crippen molar-refractivity contribution in [3.63, 3.8) is 0 Å². The highest BCUT2D eigenvalue weighted by Crippen LogP contribution is 2.19. The van der Waals surface area contributed by atoms with E-state index in [0.29, 0.717) is 9.90 Å². The Morgan fingerprint density at radius 2 is 2.11 bits per heavy atom. The molecule has 0 saturated heterocycles. The van der Waals surface area contributed by atoms with Gasteiger partial charge in [0.05, 0.1) is 16.1 Å². The zero-order valence-corrected chi connectivity index (χ0v) is 12.2. The van der Waals surface area contributed by atoms with E-state index in [-0.39, 0.29) is 5.91 Å². The molecule has 18 heavy (non-hydrogen) atoms. The number of halogens is 2. The average Bonchev–Trinajstić information content (AvgIpc) is 2.75. The summed E-state index contributed by atoms with van der Waals surface area (Å²) in [5.74, 6) is -0.263. The van der Waals surface area contributed by atoms with E-state index >= 15 is 0 Å². The molecule has 0 aliphatic rings. The molecule has 1 heterocycles. The lowest BCUT2D eigenvalue weighted by molar-refractivity contribution is 0.0954. The van der Waals surface area contributed by atoms with E-state index in [9.17, 15) is 4.79 Å². The minimum Gasteiger partial charge on any atom is -0.267 e. The maximum absolute atomic E-state index is 11.8. The van der Waals surface area contributed by atoms with Gasteiger partial charge in [-0.2, -0.15) is 5.10 Å². The van der Waals surface area contributed by atoms with Crippen LogP contribution >= 0.6 is 38.9 Å². The second kappa shape index (κ2) is 6.13. The summed E-state index contributed by atoms with van der Waals surface area (Å²) in [6, 6.07) is 10.8. The quantitative estimate of drug-likeness (QED) is 0.666. The largest absolute Gasteiger partial charge is 0.272 e. The molecule has 6 heteroatoms. The third-order valence-corrected chi connectivity index (χ3v) is 3.93. The van der Waals surface area contributed by atoms with E-state index in [1.807, 2.05) is 12.1 Å². The first-order valence-electron chi connectivity index (χ1n) is 5.00. The molecule has 0 saturated carbocycles. The Hall–Kier alpha value is -1.17. The van der Waals surface area contributed by atoms with Gasteiger partial charge in [0.2, 0.25) is 0 Å². The first kappa shape index (κ1) is 13.3. The van der Waals surface area contributed by atoms with Gasteiger partial charge in [0.15, 0.2) is 0 Å². The van der Waals surface area contributed by atoms with Crippen LogP contribution in [0.1, 0.15) is 15.2 Å². The number of nitrogens with one attached hydrogen (secondary N) is 1. The minimum atomic E-state index is -0.263. The van der Waals surface area contributed by atoms with E-state index < -0.39 is 0 Å². The Balaban J connectivity index is 2.01. The summed E-state index contributed by atoms with van der Waals surface area (Å²) in [5, 5.41) is 3.88. The maximum atomic E-state index is 11.8. The van der Waals surface area contributed by atoms with E-state index in [4.69, 9.17) is 11.6 Å². The number of hydrogen-bond acceptors (Lipinski definition) is 3. The Kier molecular flexibility index (Phi) is 4.52. The van der Waals surface area contributed by atoms with Gasteiger partial charge < -0.3 is 0 Å². The van der Waals surface area contributed by atoms with Gasteiger partial charge in [-0.25, -0.2) is 5.43 Å². The molecule has 0 aliphatic carbocycles. The summed E-state index contributed by atoms with van der Waals surface area (Å²) in [4.78, 5) is 12.7. The molecule has 0 aliphatic heterocycles. The van der Waals surface area contributed by atoms with Crippen LogP contribution < -0.4 is 5.43 Å². The number of amides is 1. The molecule has 3 nitrogen and oxygen atoms in total. The van der Waals surface area contributed by atoms with Crippen molar-refractivity contribution in [1.82, 2.24) is 5.43 Å². The van der Waals surface area contributed by atoms with Gasteiger partial charge in [0.25, 0.3) is 5.91 Å². The summed E-state index contributed by atoms with van der Waals surface area (Å²) in [6.45, 7) is 0. The Morgan fingerprint density at radius 1 is 1.33 bits per heavy atom. The second-order valence-electron chi connectivity index (χ2n) is 3.32. The van der Waals surface area contributed by atoms with Crippen LogP contribution in [0.4, 0.5) is 0 Å². The summed E-state index contributed by atoms with van der Waals surface area (Å²) in [7, 11) is 0. The molecule has 1 aromatic carbocycles. The molecule has 0 atom stereocenters. The molecule has 0 fully saturated rings. The first-order chi connectivity index (χ1) is 8.66. The number of hydrogen-bond donors (Lipinski definition) is 1. The highest BCUT2D eigenvalue weighted by Gasteiger charge is 2.07. The van der Waals surface area contributed by atoms with Crippen LogP contribution in [-0.2, 0) is 0 Å². The predicted molar refractivity (Wildman–Crippen MR) is 78.5 cm³/mol. The van der Waals surface area contributed by atoms with Crippen molar-refractivity contribution in [3.05, 3.63) is 55.6 Å². The number of carbonyl (C=O) groups excluding carboxylic acids is 1. The summed E-state index contributed by atoms with van der Waals surface area (Å²) in [6.07, 6.45) is 1.56. The zero-order valence-electron chi connectivity index (χ0n) is 9.06. The molecule has 0 unspecified atom stereocenters. The Labute approximate surface area is 122 Å². The highest BCUT2D eigenvalue weighted by atomic mass is 79.9. The fourth-order valence-corrected chi connectivity index (χ4v) is 2.66. The van der Waals surface area contributed by atoms with Crippen molar-refractivity contribution in [1.29, 1.82) is 0 Å². The van der Waals surface area contributed by atoms with E-state index in [1.54, 1.807) is 30.5 Å². The molecule has 1 amide bonds. The number of nitrogens with zero attached hydrogens (tertiary/aromatic N) is 1. The number of rotatable bonds is 3. The fourth-order valence-electron chi connectivity index (χ4n) is 1.26.